The summed E-state index contributed by atoms with van der Waals surface area (Å²) in [5.74, 6) is 0.744. The van der Waals surface area contributed by atoms with E-state index in [1.54, 1.807) is 17.2 Å². The van der Waals surface area contributed by atoms with Gasteiger partial charge in [0.15, 0.2) is 0 Å². The number of furan rings is 1. The van der Waals surface area contributed by atoms with E-state index in [4.69, 9.17) is 4.42 Å². The fourth-order valence-electron chi connectivity index (χ4n) is 3.96. The third-order valence-electron chi connectivity index (χ3n) is 5.88. The van der Waals surface area contributed by atoms with Crippen LogP contribution in [-0.4, -0.2) is 59.4 Å². The van der Waals surface area contributed by atoms with Gasteiger partial charge in [0.1, 0.15) is 5.76 Å². The molecular formula is C26H29BrN4O3. The van der Waals surface area contributed by atoms with E-state index in [2.05, 4.69) is 50.4 Å². The van der Waals surface area contributed by atoms with Gasteiger partial charge in [0.2, 0.25) is 5.91 Å². The number of nitrogens with one attached hydrogen (secondary N) is 1. The Bertz CT molecular complexity index is 1050. The largest absolute Gasteiger partial charge is 0.467 e. The Hall–Kier alpha value is -3.10. The second-order valence-electron chi connectivity index (χ2n) is 8.33. The summed E-state index contributed by atoms with van der Waals surface area (Å²) < 4.78 is 6.37. The molecule has 0 aliphatic carbocycles. The minimum absolute atomic E-state index is 0.0697. The highest BCUT2D eigenvalue weighted by Gasteiger charge is 2.23. The average Bonchev–Trinajstić information content (AvgIpc) is 3.37. The van der Waals surface area contributed by atoms with Crippen LogP contribution >= 0.6 is 15.9 Å². The van der Waals surface area contributed by atoms with Gasteiger partial charge in [-0.1, -0.05) is 46.3 Å². The lowest BCUT2D eigenvalue weighted by Crippen LogP contribution is -2.49. The molecule has 0 bridgehead atoms. The van der Waals surface area contributed by atoms with Crippen molar-refractivity contribution in [1.82, 2.24) is 14.7 Å². The molecule has 3 aromatic rings. The Kier molecular flexibility index (Phi) is 8.38. The van der Waals surface area contributed by atoms with Crippen molar-refractivity contribution in [2.24, 2.45) is 0 Å². The van der Waals surface area contributed by atoms with Crippen LogP contribution in [0.25, 0.3) is 0 Å². The molecule has 178 valence electrons. The molecule has 4 rings (SSSR count). The monoisotopic (exact) mass is 524 g/mol. The first-order chi connectivity index (χ1) is 16.6. The summed E-state index contributed by atoms with van der Waals surface area (Å²) in [6, 6.07) is 21.1. The highest BCUT2D eigenvalue weighted by molar-refractivity contribution is 9.10. The van der Waals surface area contributed by atoms with Crippen LogP contribution in [0.2, 0.25) is 0 Å². The van der Waals surface area contributed by atoms with Gasteiger partial charge < -0.3 is 19.5 Å². The van der Waals surface area contributed by atoms with E-state index >= 15 is 0 Å². The normalized spacial score (nSPS) is 14.1. The molecule has 0 radical (unpaired) electrons. The second kappa shape index (κ2) is 11.9. The zero-order valence-electron chi connectivity index (χ0n) is 19.0. The minimum Gasteiger partial charge on any atom is -0.467 e. The van der Waals surface area contributed by atoms with Crippen LogP contribution < -0.4 is 5.32 Å². The van der Waals surface area contributed by atoms with Crippen molar-refractivity contribution in [2.75, 3.05) is 38.0 Å². The molecule has 0 atom stereocenters. The van der Waals surface area contributed by atoms with Gasteiger partial charge in [0.25, 0.3) is 0 Å². The number of halogens is 1. The Balaban J connectivity index is 1.29. The van der Waals surface area contributed by atoms with E-state index in [1.807, 2.05) is 41.3 Å². The number of carbonyl (C=O) groups excluding carboxylic acids is 2. The van der Waals surface area contributed by atoms with E-state index in [9.17, 15) is 9.59 Å². The third kappa shape index (κ3) is 6.95. The zero-order chi connectivity index (χ0) is 23.8. The van der Waals surface area contributed by atoms with E-state index in [0.29, 0.717) is 37.6 Å². The third-order valence-corrected chi connectivity index (χ3v) is 6.41. The maximum atomic E-state index is 13.0. The highest BCUT2D eigenvalue weighted by atomic mass is 79.9. The standard InChI is InChI=1S/C26H29BrN4O3/c27-22-8-10-23(11-9-22)28-26(33)31(20-24-7-4-18-34-24)13-12-25(32)30-16-14-29(15-17-30)19-21-5-2-1-3-6-21/h1-11,18H,12-17,19-20H2,(H,28,33). The summed E-state index contributed by atoms with van der Waals surface area (Å²) in [6.45, 7) is 4.61. The first-order valence-corrected chi connectivity index (χ1v) is 12.2. The Morgan fingerprint density at radius 3 is 2.35 bits per heavy atom. The number of hydrogen-bond donors (Lipinski definition) is 1. The van der Waals surface area contributed by atoms with Crippen LogP contribution in [0.5, 0.6) is 0 Å². The van der Waals surface area contributed by atoms with Crippen molar-refractivity contribution in [1.29, 1.82) is 0 Å². The van der Waals surface area contributed by atoms with Crippen molar-refractivity contribution in [3.63, 3.8) is 0 Å². The van der Waals surface area contributed by atoms with Crippen molar-refractivity contribution >= 4 is 33.6 Å². The number of urea groups is 1. The van der Waals surface area contributed by atoms with Gasteiger partial charge in [-0.2, -0.15) is 0 Å². The topological polar surface area (TPSA) is 69.0 Å². The highest BCUT2D eigenvalue weighted by Crippen LogP contribution is 2.16. The van der Waals surface area contributed by atoms with Gasteiger partial charge in [0.05, 0.1) is 12.8 Å². The summed E-state index contributed by atoms with van der Waals surface area (Å²) in [5.41, 5.74) is 1.98. The predicted molar refractivity (Wildman–Crippen MR) is 135 cm³/mol. The van der Waals surface area contributed by atoms with Crippen molar-refractivity contribution < 1.29 is 14.0 Å². The van der Waals surface area contributed by atoms with E-state index in [-0.39, 0.29) is 18.4 Å². The summed E-state index contributed by atoms with van der Waals surface area (Å²) in [4.78, 5) is 31.8. The Morgan fingerprint density at radius 1 is 0.941 bits per heavy atom. The number of rotatable bonds is 8. The van der Waals surface area contributed by atoms with Crippen LogP contribution in [0.4, 0.5) is 10.5 Å². The quantitative estimate of drug-likeness (QED) is 0.459. The van der Waals surface area contributed by atoms with Crippen LogP contribution in [0, 0.1) is 0 Å². The maximum Gasteiger partial charge on any atom is 0.322 e. The summed E-state index contributed by atoms with van der Waals surface area (Å²) in [7, 11) is 0. The summed E-state index contributed by atoms with van der Waals surface area (Å²) >= 11 is 3.40. The minimum atomic E-state index is -0.265. The van der Waals surface area contributed by atoms with Crippen LogP contribution in [-0.2, 0) is 17.9 Å². The number of hydrogen-bond acceptors (Lipinski definition) is 4. The van der Waals surface area contributed by atoms with Gasteiger partial charge in [-0.15, -0.1) is 0 Å². The Labute approximate surface area is 208 Å². The summed E-state index contributed by atoms with van der Waals surface area (Å²) in [5, 5.41) is 2.91. The molecule has 0 spiro atoms. The first-order valence-electron chi connectivity index (χ1n) is 11.4. The molecule has 3 amide bonds. The molecular weight excluding hydrogens is 496 g/mol. The van der Waals surface area contributed by atoms with E-state index < -0.39 is 0 Å². The van der Waals surface area contributed by atoms with Gasteiger partial charge in [-0.25, -0.2) is 4.79 Å². The molecule has 2 heterocycles. The number of nitrogens with zero attached hydrogens (tertiary/aromatic N) is 3. The summed E-state index contributed by atoms with van der Waals surface area (Å²) in [6.07, 6.45) is 1.85. The molecule has 2 aromatic carbocycles. The van der Waals surface area contributed by atoms with Crippen molar-refractivity contribution in [3.05, 3.63) is 88.8 Å². The molecule has 1 aliphatic rings. The molecule has 34 heavy (non-hydrogen) atoms. The smallest absolute Gasteiger partial charge is 0.322 e. The fraction of sp³-hybridized carbons (Fsp3) is 0.308. The van der Waals surface area contributed by atoms with Crippen LogP contribution in [0.1, 0.15) is 17.7 Å². The molecule has 0 unspecified atom stereocenters. The van der Waals surface area contributed by atoms with Gasteiger partial charge in [-0.05, 0) is 42.0 Å². The zero-order valence-corrected chi connectivity index (χ0v) is 20.6. The predicted octanol–water partition coefficient (Wildman–Crippen LogP) is 4.81. The molecule has 0 saturated carbocycles. The Morgan fingerprint density at radius 2 is 1.68 bits per heavy atom. The van der Waals surface area contributed by atoms with Gasteiger partial charge >= 0.3 is 6.03 Å². The molecule has 1 N–H and O–H groups in total. The SMILES string of the molecule is O=C(CCN(Cc1ccco1)C(=O)Nc1ccc(Br)cc1)N1CCN(Cc2ccccc2)CC1. The lowest BCUT2D eigenvalue weighted by molar-refractivity contribution is -0.133. The van der Waals surface area contributed by atoms with E-state index in [1.165, 1.54) is 5.56 Å². The average molecular weight is 525 g/mol. The fourth-order valence-corrected chi connectivity index (χ4v) is 4.23. The van der Waals surface area contributed by atoms with E-state index in [0.717, 1.165) is 24.1 Å². The first kappa shape index (κ1) is 24.0. The molecule has 8 heteroatoms. The van der Waals surface area contributed by atoms with Gasteiger partial charge in [-0.3, -0.25) is 9.69 Å². The number of piperazine rings is 1. The van der Waals surface area contributed by atoms with Crippen LogP contribution in [0.15, 0.2) is 81.9 Å². The van der Waals surface area contributed by atoms with Gasteiger partial charge in [0, 0.05) is 55.8 Å². The second-order valence-corrected chi connectivity index (χ2v) is 9.25. The van der Waals surface area contributed by atoms with Crippen molar-refractivity contribution in [2.45, 2.75) is 19.5 Å². The molecule has 1 fully saturated rings. The molecule has 1 aliphatic heterocycles. The number of carbonyl (C=O) groups is 2. The maximum absolute atomic E-state index is 13.0. The number of benzene rings is 2. The lowest BCUT2D eigenvalue weighted by atomic mass is 10.2. The molecule has 1 saturated heterocycles. The lowest BCUT2D eigenvalue weighted by Gasteiger charge is -2.35. The van der Waals surface area contributed by atoms with Crippen LogP contribution in [0.3, 0.4) is 0 Å². The number of anilines is 1. The van der Waals surface area contributed by atoms with Crippen molar-refractivity contribution in [3.8, 4) is 0 Å². The molecule has 1 aromatic heterocycles. The molecule has 7 nitrogen and oxygen atoms in total. The number of amides is 3.